The number of rotatable bonds is 6. The second-order valence-electron chi connectivity index (χ2n) is 5.27. The Morgan fingerprint density at radius 1 is 1.13 bits per heavy atom. The van der Waals surface area contributed by atoms with Gasteiger partial charge in [-0.2, -0.15) is 0 Å². The van der Waals surface area contributed by atoms with Crippen LogP contribution in [0.15, 0.2) is 36.4 Å². The summed E-state index contributed by atoms with van der Waals surface area (Å²) in [6, 6.07) is 11.0. The van der Waals surface area contributed by atoms with Gasteiger partial charge in [0, 0.05) is 5.02 Å². The van der Waals surface area contributed by atoms with Crippen LogP contribution in [0.25, 0.3) is 0 Å². The lowest BCUT2D eigenvalue weighted by atomic mass is 10.1. The number of hydrogen-bond acceptors (Lipinski definition) is 3. The van der Waals surface area contributed by atoms with Crippen LogP contribution >= 0.6 is 11.6 Å². The van der Waals surface area contributed by atoms with Gasteiger partial charge in [-0.15, -0.1) is 0 Å². The lowest BCUT2D eigenvalue weighted by Crippen LogP contribution is -2.28. The van der Waals surface area contributed by atoms with E-state index in [1.165, 1.54) is 7.11 Å². The van der Waals surface area contributed by atoms with Gasteiger partial charge >= 0.3 is 0 Å². The molecule has 0 spiro atoms. The number of carbonyl (C=O) groups is 1. The lowest BCUT2D eigenvalue weighted by molar-refractivity contribution is 0.0944. The number of aryl methyl sites for hydroxylation is 2. The number of ether oxygens (including phenoxy) is 2. The van der Waals surface area contributed by atoms with Gasteiger partial charge in [0.15, 0.2) is 0 Å². The summed E-state index contributed by atoms with van der Waals surface area (Å²) in [4.78, 5) is 12.2. The molecule has 2 aromatic carbocycles. The van der Waals surface area contributed by atoms with E-state index in [-0.39, 0.29) is 5.91 Å². The first-order chi connectivity index (χ1) is 11.0. The van der Waals surface area contributed by atoms with Crippen LogP contribution in [0, 0.1) is 13.8 Å². The predicted octanol–water partition coefficient (Wildman–Crippen LogP) is 3.77. The average Bonchev–Trinajstić information content (AvgIpc) is 2.50. The van der Waals surface area contributed by atoms with Crippen LogP contribution in [-0.4, -0.2) is 26.2 Å². The summed E-state index contributed by atoms with van der Waals surface area (Å²) in [5.41, 5.74) is 2.70. The molecule has 0 unspecified atom stereocenters. The van der Waals surface area contributed by atoms with Gasteiger partial charge < -0.3 is 14.8 Å². The van der Waals surface area contributed by atoms with Crippen molar-refractivity contribution in [1.29, 1.82) is 0 Å². The Morgan fingerprint density at radius 3 is 2.48 bits per heavy atom. The highest BCUT2D eigenvalue weighted by atomic mass is 35.5. The molecule has 0 aliphatic heterocycles. The van der Waals surface area contributed by atoms with E-state index in [1.807, 2.05) is 26.0 Å². The van der Waals surface area contributed by atoms with Gasteiger partial charge in [-0.05, 0) is 55.3 Å². The SMILES string of the molecule is COc1ccc(Cl)cc1C(=O)NCCOc1cc(C)cc(C)c1. The van der Waals surface area contributed by atoms with Crippen molar-refractivity contribution < 1.29 is 14.3 Å². The third kappa shape index (κ3) is 4.89. The molecule has 0 heterocycles. The minimum absolute atomic E-state index is 0.242. The Labute approximate surface area is 141 Å². The molecular formula is C18H20ClNO3. The topological polar surface area (TPSA) is 47.6 Å². The lowest BCUT2D eigenvalue weighted by Gasteiger charge is -2.11. The second-order valence-corrected chi connectivity index (χ2v) is 5.71. The summed E-state index contributed by atoms with van der Waals surface area (Å²) in [5.74, 6) is 1.05. The quantitative estimate of drug-likeness (QED) is 0.818. The first-order valence-corrected chi connectivity index (χ1v) is 7.70. The molecule has 4 nitrogen and oxygen atoms in total. The van der Waals surface area contributed by atoms with Crippen LogP contribution in [0.4, 0.5) is 0 Å². The molecule has 0 aromatic heterocycles. The molecule has 2 aromatic rings. The van der Waals surface area contributed by atoms with Gasteiger partial charge in [0.25, 0.3) is 5.91 Å². The number of halogens is 1. The third-order valence-electron chi connectivity index (χ3n) is 3.26. The fourth-order valence-electron chi connectivity index (χ4n) is 2.30. The zero-order chi connectivity index (χ0) is 16.8. The maximum atomic E-state index is 12.2. The molecule has 0 radical (unpaired) electrons. The van der Waals surface area contributed by atoms with E-state index >= 15 is 0 Å². The highest BCUT2D eigenvalue weighted by Crippen LogP contribution is 2.22. The van der Waals surface area contributed by atoms with Gasteiger partial charge in [-0.25, -0.2) is 0 Å². The van der Waals surface area contributed by atoms with Gasteiger partial charge in [0.05, 0.1) is 19.2 Å². The Balaban J connectivity index is 1.89. The summed E-state index contributed by atoms with van der Waals surface area (Å²) in [6.07, 6.45) is 0. The van der Waals surface area contributed by atoms with Crippen LogP contribution in [0.2, 0.25) is 5.02 Å². The molecule has 0 saturated carbocycles. The van der Waals surface area contributed by atoms with Crippen LogP contribution in [-0.2, 0) is 0 Å². The molecule has 0 bridgehead atoms. The van der Waals surface area contributed by atoms with Crippen molar-refractivity contribution in [2.75, 3.05) is 20.3 Å². The molecule has 0 aliphatic carbocycles. The zero-order valence-electron chi connectivity index (χ0n) is 13.5. The van der Waals surface area contributed by atoms with Crippen molar-refractivity contribution in [3.05, 3.63) is 58.1 Å². The fraction of sp³-hybridized carbons (Fsp3) is 0.278. The van der Waals surface area contributed by atoms with Crippen molar-refractivity contribution in [3.63, 3.8) is 0 Å². The molecule has 1 amide bonds. The predicted molar refractivity (Wildman–Crippen MR) is 91.7 cm³/mol. The molecule has 0 aliphatic rings. The van der Waals surface area contributed by atoms with Crippen molar-refractivity contribution in [2.45, 2.75) is 13.8 Å². The summed E-state index contributed by atoms with van der Waals surface area (Å²) in [6.45, 7) is 4.82. The zero-order valence-corrected chi connectivity index (χ0v) is 14.2. The maximum absolute atomic E-state index is 12.2. The Bertz CT molecular complexity index is 680. The number of methoxy groups -OCH3 is 1. The molecule has 0 atom stereocenters. The maximum Gasteiger partial charge on any atom is 0.255 e. The number of amides is 1. The molecule has 122 valence electrons. The minimum atomic E-state index is -0.242. The second kappa shape index (κ2) is 7.88. The number of benzene rings is 2. The Kier molecular flexibility index (Phi) is 5.88. The van der Waals surface area contributed by atoms with Crippen LogP contribution in [0.3, 0.4) is 0 Å². The minimum Gasteiger partial charge on any atom is -0.496 e. The molecule has 1 N–H and O–H groups in total. The van der Waals surface area contributed by atoms with Gasteiger partial charge in [0.1, 0.15) is 18.1 Å². The highest BCUT2D eigenvalue weighted by molar-refractivity contribution is 6.31. The van der Waals surface area contributed by atoms with E-state index in [4.69, 9.17) is 21.1 Å². The van der Waals surface area contributed by atoms with Crippen molar-refractivity contribution >= 4 is 17.5 Å². The van der Waals surface area contributed by atoms with Gasteiger partial charge in [-0.1, -0.05) is 17.7 Å². The first-order valence-electron chi connectivity index (χ1n) is 7.32. The van der Waals surface area contributed by atoms with Crippen LogP contribution < -0.4 is 14.8 Å². The molecule has 5 heteroatoms. The first kappa shape index (κ1) is 17.2. The van der Waals surface area contributed by atoms with E-state index in [0.29, 0.717) is 29.5 Å². The standard InChI is InChI=1S/C18H20ClNO3/c1-12-8-13(2)10-15(9-12)23-7-6-20-18(21)16-11-14(19)4-5-17(16)22-3/h4-5,8-11H,6-7H2,1-3H3,(H,20,21). The summed E-state index contributed by atoms with van der Waals surface area (Å²) in [5, 5.41) is 3.29. The average molecular weight is 334 g/mol. The Hall–Kier alpha value is -2.20. The van der Waals surface area contributed by atoms with Crippen LogP contribution in [0.1, 0.15) is 21.5 Å². The molecule has 2 rings (SSSR count). The Morgan fingerprint density at radius 2 is 1.83 bits per heavy atom. The third-order valence-corrected chi connectivity index (χ3v) is 3.49. The molecular weight excluding hydrogens is 314 g/mol. The normalized spacial score (nSPS) is 10.3. The molecule has 0 saturated heterocycles. The van der Waals surface area contributed by atoms with E-state index < -0.39 is 0 Å². The highest BCUT2D eigenvalue weighted by Gasteiger charge is 2.12. The van der Waals surface area contributed by atoms with Crippen LogP contribution in [0.5, 0.6) is 11.5 Å². The van der Waals surface area contributed by atoms with Gasteiger partial charge in [0.2, 0.25) is 0 Å². The molecule has 23 heavy (non-hydrogen) atoms. The number of carbonyl (C=O) groups excluding carboxylic acids is 1. The van der Waals surface area contributed by atoms with Crippen molar-refractivity contribution in [1.82, 2.24) is 5.32 Å². The van der Waals surface area contributed by atoms with Crippen molar-refractivity contribution in [2.24, 2.45) is 0 Å². The fourth-order valence-corrected chi connectivity index (χ4v) is 2.47. The van der Waals surface area contributed by atoms with E-state index in [0.717, 1.165) is 16.9 Å². The summed E-state index contributed by atoms with van der Waals surface area (Å²) < 4.78 is 10.8. The van der Waals surface area contributed by atoms with E-state index in [1.54, 1.807) is 18.2 Å². The largest absolute Gasteiger partial charge is 0.496 e. The summed E-state index contributed by atoms with van der Waals surface area (Å²) in [7, 11) is 1.52. The monoisotopic (exact) mass is 333 g/mol. The van der Waals surface area contributed by atoms with E-state index in [2.05, 4.69) is 11.4 Å². The smallest absolute Gasteiger partial charge is 0.255 e. The van der Waals surface area contributed by atoms with Crippen molar-refractivity contribution in [3.8, 4) is 11.5 Å². The van der Waals surface area contributed by atoms with Gasteiger partial charge in [-0.3, -0.25) is 4.79 Å². The molecule has 0 fully saturated rings. The number of nitrogens with one attached hydrogen (secondary N) is 1. The number of hydrogen-bond donors (Lipinski definition) is 1. The van der Waals surface area contributed by atoms with E-state index in [9.17, 15) is 4.79 Å². The summed E-state index contributed by atoms with van der Waals surface area (Å²) >= 11 is 5.93.